The van der Waals surface area contributed by atoms with Crippen LogP contribution in [0.15, 0.2) is 47.1 Å². The van der Waals surface area contributed by atoms with Gasteiger partial charge in [-0.05, 0) is 51.1 Å². The number of aryl methyl sites for hydroxylation is 2. The fourth-order valence-electron chi connectivity index (χ4n) is 2.54. The van der Waals surface area contributed by atoms with E-state index < -0.39 is 0 Å². The number of pyridine rings is 1. The first kappa shape index (κ1) is 14.3. The van der Waals surface area contributed by atoms with Crippen molar-refractivity contribution in [1.29, 1.82) is 0 Å². The minimum absolute atomic E-state index is 0.120. The van der Waals surface area contributed by atoms with Crippen molar-refractivity contribution >= 4 is 16.8 Å². The number of aromatic nitrogens is 1. The highest BCUT2D eigenvalue weighted by molar-refractivity contribution is 6.06. The number of carbonyl (C=O) groups excluding carboxylic acids is 1. The van der Waals surface area contributed by atoms with Crippen molar-refractivity contribution in [3.8, 4) is 0 Å². The van der Waals surface area contributed by atoms with Crippen LogP contribution in [0.2, 0.25) is 0 Å². The Morgan fingerprint density at radius 2 is 2.05 bits per heavy atom. The molecule has 22 heavy (non-hydrogen) atoms. The molecule has 0 fully saturated rings. The molecule has 0 spiro atoms. The average Bonchev–Trinajstić information content (AvgIpc) is 3.01. The maximum atomic E-state index is 12.6. The summed E-state index contributed by atoms with van der Waals surface area (Å²) < 4.78 is 5.34. The summed E-state index contributed by atoms with van der Waals surface area (Å²) in [6.45, 7) is 5.80. The molecule has 1 N–H and O–H groups in total. The van der Waals surface area contributed by atoms with Gasteiger partial charge in [-0.1, -0.05) is 11.6 Å². The van der Waals surface area contributed by atoms with Gasteiger partial charge in [0.1, 0.15) is 5.76 Å². The molecule has 2 aromatic heterocycles. The Morgan fingerprint density at radius 1 is 1.23 bits per heavy atom. The van der Waals surface area contributed by atoms with Crippen molar-refractivity contribution in [2.75, 3.05) is 0 Å². The summed E-state index contributed by atoms with van der Waals surface area (Å²) in [6, 6.07) is 11.3. The number of nitrogens with zero attached hydrogens (tertiary/aromatic N) is 1. The number of amides is 1. The molecule has 0 aliphatic rings. The van der Waals surface area contributed by atoms with E-state index in [0.717, 1.165) is 27.9 Å². The summed E-state index contributed by atoms with van der Waals surface area (Å²) in [5.74, 6) is 0.615. The molecule has 1 unspecified atom stereocenters. The predicted octanol–water partition coefficient (Wildman–Crippen LogP) is 3.94. The molecule has 0 saturated carbocycles. The molecule has 0 saturated heterocycles. The van der Waals surface area contributed by atoms with Gasteiger partial charge in [-0.15, -0.1) is 0 Å². The van der Waals surface area contributed by atoms with Gasteiger partial charge >= 0.3 is 0 Å². The molecule has 1 aromatic carbocycles. The maximum Gasteiger partial charge on any atom is 0.252 e. The summed E-state index contributed by atoms with van der Waals surface area (Å²) in [7, 11) is 0. The quantitative estimate of drug-likeness (QED) is 0.796. The zero-order valence-electron chi connectivity index (χ0n) is 12.9. The highest BCUT2D eigenvalue weighted by atomic mass is 16.3. The van der Waals surface area contributed by atoms with Crippen LogP contribution in [0.4, 0.5) is 0 Å². The molecule has 1 amide bonds. The van der Waals surface area contributed by atoms with Gasteiger partial charge in [-0.2, -0.15) is 0 Å². The number of furan rings is 1. The molecule has 0 aliphatic carbocycles. The van der Waals surface area contributed by atoms with Crippen LogP contribution in [-0.2, 0) is 0 Å². The Kier molecular flexibility index (Phi) is 3.67. The lowest BCUT2D eigenvalue weighted by Gasteiger charge is -2.13. The first-order chi connectivity index (χ1) is 10.5. The fraction of sp³-hybridized carbons (Fsp3) is 0.222. The van der Waals surface area contributed by atoms with Crippen LogP contribution in [0.1, 0.15) is 40.3 Å². The SMILES string of the molecule is Cc1ccc2nc(C)cc(C(=O)NC(C)c3ccco3)c2c1. The Bertz CT molecular complexity index is 822. The molecule has 3 aromatic rings. The van der Waals surface area contributed by atoms with Crippen molar-refractivity contribution in [3.63, 3.8) is 0 Å². The van der Waals surface area contributed by atoms with E-state index in [9.17, 15) is 4.79 Å². The third-order valence-electron chi connectivity index (χ3n) is 3.65. The van der Waals surface area contributed by atoms with Crippen molar-refractivity contribution in [2.24, 2.45) is 0 Å². The predicted molar refractivity (Wildman–Crippen MR) is 85.8 cm³/mol. The molecule has 4 nitrogen and oxygen atoms in total. The van der Waals surface area contributed by atoms with E-state index in [0.29, 0.717) is 5.56 Å². The molecule has 0 bridgehead atoms. The van der Waals surface area contributed by atoms with Gasteiger partial charge in [-0.25, -0.2) is 0 Å². The smallest absolute Gasteiger partial charge is 0.252 e. The third kappa shape index (κ3) is 2.72. The summed E-state index contributed by atoms with van der Waals surface area (Å²) in [4.78, 5) is 17.1. The van der Waals surface area contributed by atoms with Gasteiger partial charge in [0.15, 0.2) is 0 Å². The van der Waals surface area contributed by atoms with E-state index in [1.54, 1.807) is 6.26 Å². The number of carbonyl (C=O) groups is 1. The van der Waals surface area contributed by atoms with Crippen molar-refractivity contribution in [2.45, 2.75) is 26.8 Å². The molecule has 4 heteroatoms. The minimum Gasteiger partial charge on any atom is -0.467 e. The first-order valence-electron chi connectivity index (χ1n) is 7.27. The normalized spacial score (nSPS) is 12.3. The standard InChI is InChI=1S/C18H18N2O2/c1-11-6-7-16-14(9-11)15(10-12(2)19-16)18(21)20-13(3)17-5-4-8-22-17/h4-10,13H,1-3H3,(H,20,21). The molecule has 0 radical (unpaired) electrons. The van der Waals surface area contributed by atoms with E-state index in [2.05, 4.69) is 10.3 Å². The number of fused-ring (bicyclic) bond motifs is 1. The Hall–Kier alpha value is -2.62. The number of hydrogen-bond donors (Lipinski definition) is 1. The number of rotatable bonds is 3. The van der Waals surface area contributed by atoms with Crippen molar-refractivity contribution in [3.05, 3.63) is 65.2 Å². The Morgan fingerprint density at radius 3 is 2.77 bits per heavy atom. The second-order valence-corrected chi connectivity index (χ2v) is 5.54. The molecule has 112 valence electrons. The minimum atomic E-state index is -0.184. The van der Waals surface area contributed by atoms with Crippen LogP contribution >= 0.6 is 0 Å². The maximum absolute atomic E-state index is 12.6. The summed E-state index contributed by atoms with van der Waals surface area (Å²) in [5.41, 5.74) is 3.41. The van der Waals surface area contributed by atoms with Crippen LogP contribution in [-0.4, -0.2) is 10.9 Å². The van der Waals surface area contributed by atoms with Gasteiger partial charge in [0.2, 0.25) is 0 Å². The van der Waals surface area contributed by atoms with E-state index in [1.807, 2.05) is 57.2 Å². The topological polar surface area (TPSA) is 55.1 Å². The number of benzene rings is 1. The molecule has 3 rings (SSSR count). The second kappa shape index (κ2) is 5.64. The largest absolute Gasteiger partial charge is 0.467 e. The lowest BCUT2D eigenvalue weighted by Crippen LogP contribution is -2.26. The van der Waals surface area contributed by atoms with Gasteiger partial charge in [0.05, 0.1) is 23.4 Å². The van der Waals surface area contributed by atoms with E-state index >= 15 is 0 Å². The lowest BCUT2D eigenvalue weighted by atomic mass is 10.0. The van der Waals surface area contributed by atoms with E-state index in [-0.39, 0.29) is 11.9 Å². The van der Waals surface area contributed by atoms with Gasteiger partial charge < -0.3 is 9.73 Å². The molecule has 1 atom stereocenters. The van der Waals surface area contributed by atoms with Crippen molar-refractivity contribution < 1.29 is 9.21 Å². The van der Waals surface area contributed by atoms with Crippen molar-refractivity contribution in [1.82, 2.24) is 10.3 Å². The Labute approximate surface area is 129 Å². The second-order valence-electron chi connectivity index (χ2n) is 5.54. The van der Waals surface area contributed by atoms with Crippen LogP contribution < -0.4 is 5.32 Å². The van der Waals surface area contributed by atoms with Gasteiger partial charge in [-0.3, -0.25) is 9.78 Å². The fourth-order valence-corrected chi connectivity index (χ4v) is 2.54. The van der Waals surface area contributed by atoms with Crippen LogP contribution in [0.5, 0.6) is 0 Å². The van der Waals surface area contributed by atoms with Crippen LogP contribution in [0.25, 0.3) is 10.9 Å². The molecular formula is C18H18N2O2. The average molecular weight is 294 g/mol. The number of hydrogen-bond acceptors (Lipinski definition) is 3. The monoisotopic (exact) mass is 294 g/mol. The Balaban J connectivity index is 1.98. The van der Waals surface area contributed by atoms with Gasteiger partial charge in [0.25, 0.3) is 5.91 Å². The lowest BCUT2D eigenvalue weighted by molar-refractivity contribution is 0.0937. The van der Waals surface area contributed by atoms with Crippen LogP contribution in [0.3, 0.4) is 0 Å². The highest BCUT2D eigenvalue weighted by Gasteiger charge is 2.16. The van der Waals surface area contributed by atoms with E-state index in [1.165, 1.54) is 0 Å². The molecule has 2 heterocycles. The first-order valence-corrected chi connectivity index (χ1v) is 7.27. The van der Waals surface area contributed by atoms with Gasteiger partial charge in [0, 0.05) is 11.1 Å². The molecular weight excluding hydrogens is 276 g/mol. The summed E-state index contributed by atoms with van der Waals surface area (Å²) >= 11 is 0. The third-order valence-corrected chi connectivity index (χ3v) is 3.65. The molecule has 0 aliphatic heterocycles. The number of nitrogens with one attached hydrogen (secondary N) is 1. The van der Waals surface area contributed by atoms with E-state index in [4.69, 9.17) is 4.42 Å². The zero-order valence-corrected chi connectivity index (χ0v) is 12.9. The summed E-state index contributed by atoms with van der Waals surface area (Å²) in [6.07, 6.45) is 1.60. The summed E-state index contributed by atoms with van der Waals surface area (Å²) in [5, 5.41) is 3.85. The highest BCUT2D eigenvalue weighted by Crippen LogP contribution is 2.21. The zero-order chi connectivity index (χ0) is 15.7. The van der Waals surface area contributed by atoms with Crippen LogP contribution in [0, 0.1) is 13.8 Å².